The largest absolute Gasteiger partial charge is 0.326 e. The van der Waals surface area contributed by atoms with Gasteiger partial charge in [-0.25, -0.2) is 4.98 Å². The molecule has 1 saturated heterocycles. The maximum atomic E-state index is 11.9. The number of piperazine rings is 1. The fraction of sp³-hybridized carbons (Fsp3) is 0.500. The van der Waals surface area contributed by atoms with Gasteiger partial charge in [0.2, 0.25) is 5.95 Å². The minimum absolute atomic E-state index is 0.126. The Morgan fingerprint density at radius 3 is 2.56 bits per heavy atom. The maximum Gasteiger partial charge on any atom is 0.252 e. The molecule has 146 valence electrons. The van der Waals surface area contributed by atoms with Gasteiger partial charge in [0.05, 0.1) is 5.69 Å². The van der Waals surface area contributed by atoms with E-state index < -0.39 is 0 Å². The molecule has 27 heavy (non-hydrogen) atoms. The molecule has 1 aromatic carbocycles. The van der Waals surface area contributed by atoms with Crippen LogP contribution in [0.2, 0.25) is 0 Å². The standard InChI is InChI=1S/C20H29N5OS/c1-15(2)27-14-18-12-19(26)23-20(22-18)21-17-6-4-16(5-7-17)13-25-10-8-24(3)9-11-25/h4-7,12,15H,8-11,13-14H2,1-3H3,(H2,21,22,23,26). The van der Waals surface area contributed by atoms with Gasteiger partial charge in [0, 0.05) is 50.2 Å². The highest BCUT2D eigenvalue weighted by molar-refractivity contribution is 7.99. The lowest BCUT2D eigenvalue weighted by Gasteiger charge is -2.32. The van der Waals surface area contributed by atoms with Crippen LogP contribution in [0, 0.1) is 0 Å². The molecule has 0 bridgehead atoms. The molecule has 6 nitrogen and oxygen atoms in total. The third-order valence-corrected chi connectivity index (χ3v) is 5.71. The SMILES string of the molecule is CC(C)SCc1cc(=O)[nH]c(Nc2ccc(CN3CCN(C)CC3)cc2)n1. The number of nitrogens with one attached hydrogen (secondary N) is 2. The second-order valence-corrected chi connectivity index (χ2v) is 8.91. The van der Waals surface area contributed by atoms with E-state index in [2.05, 4.69) is 58.1 Å². The van der Waals surface area contributed by atoms with Crippen molar-refractivity contribution in [3.8, 4) is 0 Å². The zero-order valence-corrected chi connectivity index (χ0v) is 17.2. The average Bonchev–Trinajstić information content (AvgIpc) is 2.63. The molecule has 2 N–H and O–H groups in total. The monoisotopic (exact) mass is 387 g/mol. The molecule has 0 unspecified atom stereocenters. The van der Waals surface area contributed by atoms with Crippen LogP contribution in [0.5, 0.6) is 0 Å². The number of nitrogens with zero attached hydrogens (tertiary/aromatic N) is 3. The van der Waals surface area contributed by atoms with Crippen molar-refractivity contribution in [3.63, 3.8) is 0 Å². The number of hydrogen-bond donors (Lipinski definition) is 2. The van der Waals surface area contributed by atoms with Crippen molar-refractivity contribution >= 4 is 23.4 Å². The average molecular weight is 388 g/mol. The lowest BCUT2D eigenvalue weighted by molar-refractivity contribution is 0.148. The number of H-pyrrole nitrogens is 1. The van der Waals surface area contributed by atoms with Crippen molar-refractivity contribution < 1.29 is 0 Å². The summed E-state index contributed by atoms with van der Waals surface area (Å²) in [6.45, 7) is 9.74. The van der Waals surface area contributed by atoms with Crippen molar-refractivity contribution in [1.29, 1.82) is 0 Å². The highest BCUT2D eigenvalue weighted by Crippen LogP contribution is 2.18. The minimum Gasteiger partial charge on any atom is -0.326 e. The van der Waals surface area contributed by atoms with E-state index in [4.69, 9.17) is 0 Å². The Labute approximate surface area is 165 Å². The topological polar surface area (TPSA) is 64.3 Å². The predicted octanol–water partition coefficient (Wildman–Crippen LogP) is 2.90. The van der Waals surface area contributed by atoms with Crippen LogP contribution in [0.15, 0.2) is 35.1 Å². The lowest BCUT2D eigenvalue weighted by atomic mass is 10.2. The summed E-state index contributed by atoms with van der Waals surface area (Å²) in [6, 6.07) is 9.93. The Balaban J connectivity index is 1.60. The van der Waals surface area contributed by atoms with Gasteiger partial charge in [-0.2, -0.15) is 11.8 Å². The zero-order chi connectivity index (χ0) is 19.2. The van der Waals surface area contributed by atoms with Crippen LogP contribution >= 0.6 is 11.8 Å². The Morgan fingerprint density at radius 1 is 1.19 bits per heavy atom. The Morgan fingerprint density at radius 2 is 1.89 bits per heavy atom. The summed E-state index contributed by atoms with van der Waals surface area (Å²) < 4.78 is 0. The van der Waals surface area contributed by atoms with Crippen LogP contribution in [0.3, 0.4) is 0 Å². The molecule has 3 rings (SSSR count). The summed E-state index contributed by atoms with van der Waals surface area (Å²) >= 11 is 1.78. The molecule has 1 fully saturated rings. The number of aromatic nitrogens is 2. The van der Waals surface area contributed by atoms with Crippen molar-refractivity contribution in [1.82, 2.24) is 19.8 Å². The molecule has 0 aliphatic carbocycles. The van der Waals surface area contributed by atoms with E-state index in [1.807, 2.05) is 12.1 Å². The number of thioether (sulfide) groups is 1. The Bertz CT molecular complexity index is 782. The van der Waals surface area contributed by atoms with E-state index in [-0.39, 0.29) is 5.56 Å². The highest BCUT2D eigenvalue weighted by atomic mass is 32.2. The van der Waals surface area contributed by atoms with Gasteiger partial charge in [0.25, 0.3) is 5.56 Å². The fourth-order valence-electron chi connectivity index (χ4n) is 2.99. The van der Waals surface area contributed by atoms with Crippen LogP contribution < -0.4 is 10.9 Å². The number of anilines is 2. The molecule has 0 radical (unpaired) electrons. The van der Waals surface area contributed by atoms with Gasteiger partial charge in [-0.15, -0.1) is 0 Å². The van der Waals surface area contributed by atoms with Crippen molar-refractivity contribution in [2.75, 3.05) is 38.5 Å². The third-order valence-electron chi connectivity index (χ3n) is 4.58. The maximum absolute atomic E-state index is 11.9. The third kappa shape index (κ3) is 6.37. The first-order valence-corrected chi connectivity index (χ1v) is 10.5. The molecule has 2 heterocycles. The number of hydrogen-bond acceptors (Lipinski definition) is 6. The molecule has 1 aliphatic heterocycles. The Hall–Kier alpha value is -1.83. The smallest absolute Gasteiger partial charge is 0.252 e. The van der Waals surface area contributed by atoms with Gasteiger partial charge in [0.1, 0.15) is 0 Å². The first-order chi connectivity index (χ1) is 13.0. The van der Waals surface area contributed by atoms with Crippen LogP contribution in [0.25, 0.3) is 0 Å². The minimum atomic E-state index is -0.126. The first-order valence-electron chi connectivity index (χ1n) is 9.46. The van der Waals surface area contributed by atoms with Gasteiger partial charge in [0.15, 0.2) is 0 Å². The first kappa shape index (κ1) is 19.9. The molecule has 1 aliphatic rings. The normalized spacial score (nSPS) is 16.0. The van der Waals surface area contributed by atoms with E-state index in [1.54, 1.807) is 17.8 Å². The van der Waals surface area contributed by atoms with E-state index in [9.17, 15) is 4.79 Å². The number of benzene rings is 1. The molecule has 7 heteroatoms. The molecule has 0 saturated carbocycles. The number of rotatable bonds is 7. The van der Waals surface area contributed by atoms with Gasteiger partial charge in [-0.3, -0.25) is 14.7 Å². The van der Waals surface area contributed by atoms with E-state index in [1.165, 1.54) is 5.56 Å². The quantitative estimate of drug-likeness (QED) is 0.762. The summed E-state index contributed by atoms with van der Waals surface area (Å²) in [6.07, 6.45) is 0. The van der Waals surface area contributed by atoms with Crippen molar-refractivity contribution in [2.45, 2.75) is 31.4 Å². The molecule has 0 atom stereocenters. The second kappa shape index (κ2) is 9.39. The predicted molar refractivity (Wildman–Crippen MR) is 114 cm³/mol. The van der Waals surface area contributed by atoms with Crippen molar-refractivity contribution in [3.05, 3.63) is 51.9 Å². The lowest BCUT2D eigenvalue weighted by Crippen LogP contribution is -2.43. The van der Waals surface area contributed by atoms with E-state index in [0.717, 1.165) is 49.9 Å². The van der Waals surface area contributed by atoms with Crippen LogP contribution in [-0.2, 0) is 12.3 Å². The van der Waals surface area contributed by atoms with Crippen LogP contribution in [0.4, 0.5) is 11.6 Å². The van der Waals surface area contributed by atoms with E-state index >= 15 is 0 Å². The number of likely N-dealkylation sites (N-methyl/N-ethyl adjacent to an activating group) is 1. The van der Waals surface area contributed by atoms with Crippen molar-refractivity contribution in [2.24, 2.45) is 0 Å². The van der Waals surface area contributed by atoms with Gasteiger partial charge in [-0.05, 0) is 30.0 Å². The molecule has 0 amide bonds. The van der Waals surface area contributed by atoms with Crippen LogP contribution in [0.1, 0.15) is 25.1 Å². The second-order valence-electron chi connectivity index (χ2n) is 7.35. The molecule has 2 aromatic rings. The molecular formula is C20H29N5OS. The summed E-state index contributed by atoms with van der Waals surface area (Å²) in [7, 11) is 2.17. The number of aromatic amines is 1. The summed E-state index contributed by atoms with van der Waals surface area (Å²) in [4.78, 5) is 24.0. The summed E-state index contributed by atoms with van der Waals surface area (Å²) in [5.74, 6) is 1.23. The van der Waals surface area contributed by atoms with Gasteiger partial charge < -0.3 is 10.2 Å². The molecule has 1 aromatic heterocycles. The molecule has 0 spiro atoms. The highest BCUT2D eigenvalue weighted by Gasteiger charge is 2.13. The summed E-state index contributed by atoms with van der Waals surface area (Å²) in [5.41, 5.74) is 2.90. The van der Waals surface area contributed by atoms with Gasteiger partial charge >= 0.3 is 0 Å². The fourth-order valence-corrected chi connectivity index (χ4v) is 3.64. The zero-order valence-electron chi connectivity index (χ0n) is 16.4. The van der Waals surface area contributed by atoms with Gasteiger partial charge in [-0.1, -0.05) is 26.0 Å². The summed E-state index contributed by atoms with van der Waals surface area (Å²) in [5, 5.41) is 3.72. The van der Waals surface area contributed by atoms with Crippen LogP contribution in [-0.4, -0.2) is 58.2 Å². The molecular weight excluding hydrogens is 358 g/mol. The van der Waals surface area contributed by atoms with E-state index in [0.29, 0.717) is 11.2 Å². The Kier molecular flexibility index (Phi) is 6.93.